The molecule has 0 saturated carbocycles. The summed E-state index contributed by atoms with van der Waals surface area (Å²) in [5.74, 6) is 0.691. The summed E-state index contributed by atoms with van der Waals surface area (Å²) < 4.78 is 0. The molecule has 1 unspecified atom stereocenters. The van der Waals surface area contributed by atoms with Gasteiger partial charge in [0, 0.05) is 16.9 Å². The first-order valence-electron chi connectivity index (χ1n) is 7.21. The Morgan fingerprint density at radius 1 is 0.864 bits per heavy atom. The Hall–Kier alpha value is -2.68. The maximum atomic E-state index is 10.6. The Kier molecular flexibility index (Phi) is 3.41. The summed E-state index contributed by atoms with van der Waals surface area (Å²) in [6.45, 7) is 3.82. The number of fused-ring (bicyclic) bond motifs is 1. The van der Waals surface area contributed by atoms with E-state index in [9.17, 15) is 15.3 Å². The van der Waals surface area contributed by atoms with Crippen LogP contribution in [-0.2, 0) is 0 Å². The minimum Gasteiger partial charge on any atom is -0.508 e. The van der Waals surface area contributed by atoms with Gasteiger partial charge in [-0.1, -0.05) is 31.2 Å². The molecule has 0 spiro atoms. The van der Waals surface area contributed by atoms with Crippen molar-refractivity contribution in [2.24, 2.45) is 0 Å². The fraction of sp³-hybridized carbons (Fsp3) is 0.158. The third kappa shape index (κ3) is 2.35. The lowest BCUT2D eigenvalue weighted by molar-refractivity contribution is 0.469. The minimum absolute atomic E-state index is 0.000825. The normalized spacial score (nSPS) is 12.5. The number of phenolic OH excluding ortho intramolecular Hbond substituents is 3. The van der Waals surface area contributed by atoms with Gasteiger partial charge in [-0.15, -0.1) is 0 Å². The quantitative estimate of drug-likeness (QED) is 0.656. The maximum Gasteiger partial charge on any atom is 0.127 e. The van der Waals surface area contributed by atoms with Gasteiger partial charge in [-0.05, 0) is 47.7 Å². The lowest BCUT2D eigenvalue weighted by Gasteiger charge is -2.16. The second-order valence-electron chi connectivity index (χ2n) is 5.68. The summed E-state index contributed by atoms with van der Waals surface area (Å²) in [5, 5.41) is 31.3. The number of phenols is 3. The number of aryl methyl sites for hydroxylation is 1. The van der Waals surface area contributed by atoms with Crippen molar-refractivity contribution in [2.75, 3.05) is 0 Å². The van der Waals surface area contributed by atoms with Crippen LogP contribution in [0.1, 0.15) is 29.5 Å². The van der Waals surface area contributed by atoms with Gasteiger partial charge in [-0.3, -0.25) is 0 Å². The van der Waals surface area contributed by atoms with E-state index < -0.39 is 0 Å². The van der Waals surface area contributed by atoms with E-state index in [4.69, 9.17) is 0 Å². The van der Waals surface area contributed by atoms with Crippen molar-refractivity contribution in [1.82, 2.24) is 0 Å². The van der Waals surface area contributed by atoms with Crippen LogP contribution in [0.2, 0.25) is 0 Å². The summed E-state index contributed by atoms with van der Waals surface area (Å²) in [5.41, 5.74) is 2.57. The minimum atomic E-state index is -0.000825. The Balaban J connectivity index is 2.13. The highest BCUT2D eigenvalue weighted by atomic mass is 16.3. The molecular formula is C19H18O3. The van der Waals surface area contributed by atoms with Gasteiger partial charge in [0.05, 0.1) is 0 Å². The van der Waals surface area contributed by atoms with Gasteiger partial charge in [-0.25, -0.2) is 0 Å². The van der Waals surface area contributed by atoms with Gasteiger partial charge in [0.1, 0.15) is 17.2 Å². The third-order valence-corrected chi connectivity index (χ3v) is 4.20. The van der Waals surface area contributed by atoms with Crippen LogP contribution in [0.5, 0.6) is 17.2 Å². The Labute approximate surface area is 129 Å². The zero-order valence-corrected chi connectivity index (χ0v) is 12.5. The molecule has 3 rings (SSSR count). The van der Waals surface area contributed by atoms with Crippen LogP contribution in [0, 0.1) is 6.92 Å². The second-order valence-corrected chi connectivity index (χ2v) is 5.68. The maximum absolute atomic E-state index is 10.6. The van der Waals surface area contributed by atoms with E-state index in [1.165, 1.54) is 0 Å². The van der Waals surface area contributed by atoms with E-state index in [1.54, 1.807) is 24.3 Å². The molecule has 3 aromatic rings. The van der Waals surface area contributed by atoms with Crippen LogP contribution in [0.4, 0.5) is 0 Å². The molecule has 0 amide bonds. The largest absolute Gasteiger partial charge is 0.508 e. The van der Waals surface area contributed by atoms with Crippen LogP contribution >= 0.6 is 0 Å². The average Bonchev–Trinajstić information content (AvgIpc) is 2.50. The highest BCUT2D eigenvalue weighted by Crippen LogP contribution is 2.38. The Bertz CT molecular complexity index is 835. The van der Waals surface area contributed by atoms with Gasteiger partial charge >= 0.3 is 0 Å². The predicted octanol–water partition coefficient (Wildman–Crippen LogP) is 4.42. The second kappa shape index (κ2) is 5.26. The van der Waals surface area contributed by atoms with Crippen molar-refractivity contribution in [3.63, 3.8) is 0 Å². The van der Waals surface area contributed by atoms with Crippen molar-refractivity contribution in [2.45, 2.75) is 19.8 Å². The zero-order valence-electron chi connectivity index (χ0n) is 12.5. The topological polar surface area (TPSA) is 60.7 Å². The van der Waals surface area contributed by atoms with Crippen molar-refractivity contribution < 1.29 is 15.3 Å². The van der Waals surface area contributed by atoms with Gasteiger partial charge in [0.25, 0.3) is 0 Å². The van der Waals surface area contributed by atoms with Crippen molar-refractivity contribution in [3.8, 4) is 17.2 Å². The van der Waals surface area contributed by atoms with Crippen LogP contribution < -0.4 is 0 Å². The molecule has 0 aromatic heterocycles. The molecule has 22 heavy (non-hydrogen) atoms. The number of aromatic hydroxyl groups is 3. The van der Waals surface area contributed by atoms with E-state index >= 15 is 0 Å². The van der Waals surface area contributed by atoms with Gasteiger partial charge in [0.2, 0.25) is 0 Å². The monoisotopic (exact) mass is 294 g/mol. The molecule has 0 heterocycles. The molecule has 112 valence electrons. The molecule has 3 aromatic carbocycles. The smallest absolute Gasteiger partial charge is 0.127 e. The number of hydrogen-bond donors (Lipinski definition) is 3. The van der Waals surface area contributed by atoms with Gasteiger partial charge < -0.3 is 15.3 Å². The average molecular weight is 294 g/mol. The lowest BCUT2D eigenvalue weighted by Crippen LogP contribution is -1.97. The van der Waals surface area contributed by atoms with E-state index in [2.05, 4.69) is 0 Å². The summed E-state index contributed by atoms with van der Waals surface area (Å²) in [7, 11) is 0. The highest BCUT2D eigenvalue weighted by molar-refractivity contribution is 5.91. The fourth-order valence-corrected chi connectivity index (χ4v) is 2.76. The van der Waals surface area contributed by atoms with E-state index in [0.717, 1.165) is 27.5 Å². The van der Waals surface area contributed by atoms with Crippen molar-refractivity contribution in [3.05, 3.63) is 65.2 Å². The summed E-state index contributed by atoms with van der Waals surface area (Å²) in [6, 6.07) is 14.2. The van der Waals surface area contributed by atoms with E-state index in [1.807, 2.05) is 38.1 Å². The lowest BCUT2D eigenvalue weighted by atomic mass is 9.90. The summed E-state index contributed by atoms with van der Waals surface area (Å²) >= 11 is 0. The number of benzene rings is 3. The molecule has 0 aliphatic heterocycles. The number of hydrogen-bond acceptors (Lipinski definition) is 3. The van der Waals surface area contributed by atoms with E-state index in [-0.39, 0.29) is 23.2 Å². The zero-order chi connectivity index (χ0) is 15.9. The fourth-order valence-electron chi connectivity index (χ4n) is 2.76. The first kappa shape index (κ1) is 14.3. The molecule has 3 nitrogen and oxygen atoms in total. The van der Waals surface area contributed by atoms with Crippen LogP contribution in [-0.4, -0.2) is 15.3 Å². The Morgan fingerprint density at radius 3 is 2.23 bits per heavy atom. The molecule has 0 saturated heterocycles. The van der Waals surface area contributed by atoms with E-state index in [0.29, 0.717) is 0 Å². The summed E-state index contributed by atoms with van der Waals surface area (Å²) in [4.78, 5) is 0. The third-order valence-electron chi connectivity index (χ3n) is 4.20. The van der Waals surface area contributed by atoms with Crippen molar-refractivity contribution in [1.29, 1.82) is 0 Å². The molecule has 3 heteroatoms. The predicted molar refractivity (Wildman–Crippen MR) is 87.6 cm³/mol. The van der Waals surface area contributed by atoms with Crippen LogP contribution in [0.15, 0.2) is 48.5 Å². The van der Waals surface area contributed by atoms with Gasteiger partial charge in [0.15, 0.2) is 0 Å². The molecule has 1 atom stereocenters. The molecule has 0 aliphatic rings. The standard InChI is InChI=1S/C19H18O3/c1-11-9-17-14(10-18(11)21)5-8-16(19(17)22)12(2)13-3-6-15(20)7-4-13/h3-10,12,20-22H,1-2H3. The van der Waals surface area contributed by atoms with Crippen LogP contribution in [0.3, 0.4) is 0 Å². The van der Waals surface area contributed by atoms with Crippen LogP contribution in [0.25, 0.3) is 10.8 Å². The number of rotatable bonds is 2. The molecule has 0 aliphatic carbocycles. The molecule has 0 fully saturated rings. The van der Waals surface area contributed by atoms with Gasteiger partial charge in [-0.2, -0.15) is 0 Å². The first-order chi connectivity index (χ1) is 10.5. The highest BCUT2D eigenvalue weighted by Gasteiger charge is 2.15. The molecule has 0 radical (unpaired) electrons. The molecule has 0 bridgehead atoms. The van der Waals surface area contributed by atoms with Crippen molar-refractivity contribution >= 4 is 10.8 Å². The Morgan fingerprint density at radius 2 is 1.55 bits per heavy atom. The molecule has 3 N–H and O–H groups in total. The first-order valence-corrected chi connectivity index (χ1v) is 7.21. The SMILES string of the molecule is Cc1cc2c(O)c(C(C)c3ccc(O)cc3)ccc2cc1O. The summed E-state index contributed by atoms with van der Waals surface area (Å²) in [6.07, 6.45) is 0. The molecular weight excluding hydrogens is 276 g/mol.